The van der Waals surface area contributed by atoms with E-state index in [1.165, 1.54) is 0 Å². The predicted octanol–water partition coefficient (Wildman–Crippen LogP) is 3.87. The lowest BCUT2D eigenvalue weighted by Crippen LogP contribution is -2.04. The third-order valence-corrected chi connectivity index (χ3v) is 3.54. The maximum atomic E-state index is 11.6. The van der Waals surface area contributed by atoms with Crippen LogP contribution < -0.4 is 0 Å². The lowest BCUT2D eigenvalue weighted by molar-refractivity contribution is 0.0520. The van der Waals surface area contributed by atoms with Crippen LogP contribution in [0.3, 0.4) is 0 Å². The minimum absolute atomic E-state index is 0.336. The normalized spacial score (nSPS) is 10.7. The Balaban J connectivity index is 2.55. The zero-order chi connectivity index (χ0) is 11.7. The summed E-state index contributed by atoms with van der Waals surface area (Å²) in [7, 11) is 0. The number of ether oxygens (including phenoxy) is 1. The quantitative estimate of drug-likeness (QED) is 0.839. The first kappa shape index (κ1) is 11.7. The number of halogens is 2. The smallest absolute Gasteiger partial charge is 0.354 e. The first-order valence-corrected chi connectivity index (χ1v) is 6.36. The van der Waals surface area contributed by atoms with E-state index in [-0.39, 0.29) is 5.97 Å². The van der Waals surface area contributed by atoms with Gasteiger partial charge in [0.05, 0.1) is 12.1 Å². The number of hydrogen-bond donors (Lipinski definition) is 1. The SMILES string of the molecule is CCOC(=O)c1cc2c(Br)ccc(Br)c2[nH]1. The van der Waals surface area contributed by atoms with E-state index in [0.29, 0.717) is 12.3 Å². The van der Waals surface area contributed by atoms with E-state index < -0.39 is 0 Å². The van der Waals surface area contributed by atoms with E-state index in [4.69, 9.17) is 4.74 Å². The van der Waals surface area contributed by atoms with Crippen LogP contribution in [0.15, 0.2) is 27.1 Å². The van der Waals surface area contributed by atoms with Crippen molar-refractivity contribution >= 4 is 48.7 Å². The van der Waals surface area contributed by atoms with Crippen molar-refractivity contribution in [2.24, 2.45) is 0 Å². The fraction of sp³-hybridized carbons (Fsp3) is 0.182. The Hall–Kier alpha value is -0.810. The van der Waals surface area contributed by atoms with Gasteiger partial charge in [0.25, 0.3) is 0 Å². The molecule has 3 nitrogen and oxygen atoms in total. The van der Waals surface area contributed by atoms with Crippen molar-refractivity contribution in [3.8, 4) is 0 Å². The molecule has 1 heterocycles. The maximum Gasteiger partial charge on any atom is 0.354 e. The number of aromatic nitrogens is 1. The molecule has 0 unspecified atom stereocenters. The van der Waals surface area contributed by atoms with Crippen molar-refractivity contribution in [1.29, 1.82) is 0 Å². The molecule has 84 valence electrons. The molecule has 1 aromatic carbocycles. The van der Waals surface area contributed by atoms with Gasteiger partial charge in [-0.3, -0.25) is 0 Å². The summed E-state index contributed by atoms with van der Waals surface area (Å²) in [5, 5.41) is 0.956. The molecule has 0 radical (unpaired) electrons. The molecule has 0 saturated heterocycles. The van der Waals surface area contributed by atoms with Crippen LogP contribution in [0, 0.1) is 0 Å². The maximum absolute atomic E-state index is 11.6. The van der Waals surface area contributed by atoms with Gasteiger partial charge in [0.2, 0.25) is 0 Å². The van der Waals surface area contributed by atoms with Crippen LogP contribution >= 0.6 is 31.9 Å². The minimum Gasteiger partial charge on any atom is -0.461 e. The zero-order valence-corrected chi connectivity index (χ0v) is 11.7. The lowest BCUT2D eigenvalue weighted by Gasteiger charge is -1.97. The third-order valence-electron chi connectivity index (χ3n) is 2.19. The van der Waals surface area contributed by atoms with E-state index in [2.05, 4.69) is 36.8 Å². The summed E-state index contributed by atoms with van der Waals surface area (Å²) in [6.45, 7) is 2.16. The van der Waals surface area contributed by atoms with Gasteiger partial charge < -0.3 is 9.72 Å². The summed E-state index contributed by atoms with van der Waals surface area (Å²) in [5.41, 5.74) is 1.35. The van der Waals surface area contributed by atoms with Crippen molar-refractivity contribution in [2.75, 3.05) is 6.61 Å². The van der Waals surface area contributed by atoms with Gasteiger partial charge in [0, 0.05) is 14.3 Å². The largest absolute Gasteiger partial charge is 0.461 e. The average molecular weight is 347 g/mol. The topological polar surface area (TPSA) is 42.1 Å². The third kappa shape index (κ3) is 2.01. The summed E-state index contributed by atoms with van der Waals surface area (Å²) in [5.74, 6) is -0.336. The highest BCUT2D eigenvalue weighted by molar-refractivity contribution is 9.11. The minimum atomic E-state index is -0.336. The van der Waals surface area contributed by atoms with Crippen LogP contribution in [0.1, 0.15) is 17.4 Å². The van der Waals surface area contributed by atoms with E-state index in [9.17, 15) is 4.79 Å². The number of rotatable bonds is 2. The second-order valence-corrected chi connectivity index (χ2v) is 4.93. The predicted molar refractivity (Wildman–Crippen MR) is 69.7 cm³/mol. The Morgan fingerprint density at radius 1 is 1.38 bits per heavy atom. The summed E-state index contributed by atoms with van der Waals surface area (Å²) in [6, 6.07) is 5.62. The molecule has 2 rings (SSSR count). The molecule has 0 aliphatic heterocycles. The number of carbonyl (C=O) groups is 1. The number of fused-ring (bicyclic) bond motifs is 1. The summed E-state index contributed by atoms with van der Waals surface area (Å²) >= 11 is 6.87. The lowest BCUT2D eigenvalue weighted by atomic mass is 10.2. The molecule has 0 aliphatic rings. The van der Waals surface area contributed by atoms with Crippen LogP contribution in [0.2, 0.25) is 0 Å². The number of benzene rings is 1. The highest BCUT2D eigenvalue weighted by Gasteiger charge is 2.13. The Morgan fingerprint density at radius 3 is 2.69 bits per heavy atom. The molecule has 0 spiro atoms. The number of esters is 1. The van der Waals surface area contributed by atoms with Gasteiger partial charge in [-0.2, -0.15) is 0 Å². The van der Waals surface area contributed by atoms with Crippen LogP contribution in [0.4, 0.5) is 0 Å². The molecule has 0 aliphatic carbocycles. The van der Waals surface area contributed by atoms with E-state index in [1.807, 2.05) is 12.1 Å². The van der Waals surface area contributed by atoms with Crippen molar-refractivity contribution in [1.82, 2.24) is 4.98 Å². The fourth-order valence-corrected chi connectivity index (χ4v) is 2.36. The van der Waals surface area contributed by atoms with Crippen molar-refractivity contribution in [3.05, 3.63) is 32.8 Å². The summed E-state index contributed by atoms with van der Waals surface area (Å²) < 4.78 is 6.80. The molecule has 0 bridgehead atoms. The summed E-state index contributed by atoms with van der Waals surface area (Å²) in [6.07, 6.45) is 0. The number of aromatic amines is 1. The van der Waals surface area contributed by atoms with E-state index in [0.717, 1.165) is 19.8 Å². The summed E-state index contributed by atoms with van der Waals surface area (Å²) in [4.78, 5) is 14.6. The number of H-pyrrole nitrogens is 1. The number of carbonyl (C=O) groups excluding carboxylic acids is 1. The molecule has 1 aromatic heterocycles. The Kier molecular flexibility index (Phi) is 3.35. The van der Waals surface area contributed by atoms with Gasteiger partial charge in [-0.15, -0.1) is 0 Å². The Morgan fingerprint density at radius 2 is 2.06 bits per heavy atom. The first-order valence-electron chi connectivity index (χ1n) is 4.77. The molecule has 0 saturated carbocycles. The van der Waals surface area contributed by atoms with Crippen molar-refractivity contribution < 1.29 is 9.53 Å². The Bertz CT molecular complexity index is 509. The molecule has 2 aromatic rings. The van der Waals surface area contributed by atoms with Crippen molar-refractivity contribution in [3.63, 3.8) is 0 Å². The van der Waals surface area contributed by atoms with E-state index in [1.54, 1.807) is 13.0 Å². The van der Waals surface area contributed by atoms with Crippen LogP contribution in [-0.2, 0) is 4.74 Å². The first-order chi connectivity index (χ1) is 7.63. The highest BCUT2D eigenvalue weighted by atomic mass is 79.9. The molecule has 5 heteroatoms. The molecular weight excluding hydrogens is 338 g/mol. The molecule has 0 fully saturated rings. The molecule has 1 N–H and O–H groups in total. The monoisotopic (exact) mass is 345 g/mol. The highest BCUT2D eigenvalue weighted by Crippen LogP contribution is 2.30. The Labute approximate surface area is 109 Å². The number of hydrogen-bond acceptors (Lipinski definition) is 2. The van der Waals surface area contributed by atoms with Gasteiger partial charge in [0.15, 0.2) is 0 Å². The van der Waals surface area contributed by atoms with Gasteiger partial charge in [0.1, 0.15) is 5.69 Å². The number of nitrogens with one attached hydrogen (secondary N) is 1. The van der Waals surface area contributed by atoms with Crippen molar-refractivity contribution in [2.45, 2.75) is 6.92 Å². The standard InChI is InChI=1S/C11H9Br2NO2/c1-2-16-11(15)9-5-6-7(12)3-4-8(13)10(6)14-9/h3-5,14H,2H2,1H3. The van der Waals surface area contributed by atoms with Crippen LogP contribution in [0.25, 0.3) is 10.9 Å². The fourth-order valence-electron chi connectivity index (χ4n) is 1.47. The second-order valence-electron chi connectivity index (χ2n) is 3.22. The van der Waals surface area contributed by atoms with Gasteiger partial charge in [-0.25, -0.2) is 4.79 Å². The van der Waals surface area contributed by atoms with Gasteiger partial charge in [-0.05, 0) is 41.1 Å². The zero-order valence-electron chi connectivity index (χ0n) is 8.51. The average Bonchev–Trinajstić information content (AvgIpc) is 2.70. The molecule has 0 atom stereocenters. The van der Waals surface area contributed by atoms with Gasteiger partial charge >= 0.3 is 5.97 Å². The molecular formula is C11H9Br2NO2. The van der Waals surface area contributed by atoms with E-state index >= 15 is 0 Å². The van der Waals surface area contributed by atoms with Crippen LogP contribution in [0.5, 0.6) is 0 Å². The molecule has 16 heavy (non-hydrogen) atoms. The van der Waals surface area contributed by atoms with Gasteiger partial charge in [-0.1, -0.05) is 15.9 Å². The molecule has 0 amide bonds. The second kappa shape index (κ2) is 4.59. The van der Waals surface area contributed by atoms with Crippen LogP contribution in [-0.4, -0.2) is 17.6 Å².